The Morgan fingerprint density at radius 1 is 1.38 bits per heavy atom. The highest BCUT2D eigenvalue weighted by Gasteiger charge is 2.46. The van der Waals surface area contributed by atoms with E-state index in [1.807, 2.05) is 25.1 Å². The Bertz CT molecular complexity index is 557. The van der Waals surface area contributed by atoms with Crippen LogP contribution in [-0.4, -0.2) is 54.4 Å². The summed E-state index contributed by atoms with van der Waals surface area (Å²) >= 11 is 0. The summed E-state index contributed by atoms with van der Waals surface area (Å²) in [5.74, 6) is 0.576. The van der Waals surface area contributed by atoms with Crippen LogP contribution in [0.5, 0.6) is 0 Å². The summed E-state index contributed by atoms with van der Waals surface area (Å²) in [5.41, 5.74) is 0.199. The number of likely N-dealkylation sites (tertiary alicyclic amines) is 1. The average molecular weight is 332 g/mol. The summed E-state index contributed by atoms with van der Waals surface area (Å²) in [6.45, 7) is 3.72. The number of carbonyl (C=O) groups excluding carboxylic acids is 1. The topological polar surface area (TPSA) is 61.8 Å². The number of benzene rings is 1. The van der Waals surface area contributed by atoms with Gasteiger partial charge in [-0.15, -0.1) is 0 Å². The number of ether oxygens (including phenoxy) is 1. The van der Waals surface area contributed by atoms with Crippen molar-refractivity contribution >= 4 is 5.91 Å². The molecule has 0 unspecified atom stereocenters. The standard InChI is InChI=1S/C19H28N2O3/c1-19(23)10-11-21(12-14-8-9-14)17(15-6-4-3-5-7-15)18(19)20-16(22)13-24-2/h3-7,14,17-18,23H,8-13H2,1-2H3,(H,20,22)/t17-,18-,19+/m0/s1. The smallest absolute Gasteiger partial charge is 0.246 e. The van der Waals surface area contributed by atoms with Gasteiger partial charge in [0.15, 0.2) is 0 Å². The number of amides is 1. The lowest BCUT2D eigenvalue weighted by atomic mass is 9.79. The van der Waals surface area contributed by atoms with Crippen molar-refractivity contribution in [1.82, 2.24) is 10.2 Å². The number of hydrogen-bond donors (Lipinski definition) is 2. The van der Waals surface area contributed by atoms with Gasteiger partial charge in [-0.25, -0.2) is 0 Å². The van der Waals surface area contributed by atoms with Gasteiger partial charge in [-0.3, -0.25) is 9.69 Å². The molecule has 1 heterocycles. The van der Waals surface area contributed by atoms with Gasteiger partial charge in [-0.2, -0.15) is 0 Å². The van der Waals surface area contributed by atoms with E-state index in [1.165, 1.54) is 20.0 Å². The second-order valence-corrected chi connectivity index (χ2v) is 7.38. The molecule has 1 aromatic rings. The van der Waals surface area contributed by atoms with E-state index in [4.69, 9.17) is 4.74 Å². The van der Waals surface area contributed by atoms with E-state index in [-0.39, 0.29) is 24.6 Å². The monoisotopic (exact) mass is 332 g/mol. The lowest BCUT2D eigenvalue weighted by Gasteiger charge is -2.49. The Hall–Kier alpha value is -1.43. The Morgan fingerprint density at radius 2 is 2.08 bits per heavy atom. The molecular formula is C19H28N2O3. The Kier molecular flexibility index (Phi) is 5.23. The van der Waals surface area contributed by atoms with Crippen molar-refractivity contribution in [1.29, 1.82) is 0 Å². The quantitative estimate of drug-likeness (QED) is 0.833. The van der Waals surface area contributed by atoms with E-state index in [0.29, 0.717) is 6.42 Å². The molecule has 5 heteroatoms. The summed E-state index contributed by atoms with van der Waals surface area (Å²) < 4.78 is 4.95. The first-order chi connectivity index (χ1) is 11.5. The fraction of sp³-hybridized carbons (Fsp3) is 0.632. The molecule has 1 saturated heterocycles. The van der Waals surface area contributed by atoms with Crippen LogP contribution in [0.4, 0.5) is 0 Å². The van der Waals surface area contributed by atoms with Gasteiger partial charge in [0.1, 0.15) is 6.61 Å². The van der Waals surface area contributed by atoms with Gasteiger partial charge in [-0.1, -0.05) is 30.3 Å². The van der Waals surface area contributed by atoms with Crippen molar-refractivity contribution in [2.24, 2.45) is 5.92 Å². The first-order valence-corrected chi connectivity index (χ1v) is 8.81. The molecule has 1 aliphatic heterocycles. The summed E-state index contributed by atoms with van der Waals surface area (Å²) in [7, 11) is 1.51. The fourth-order valence-corrected chi connectivity index (χ4v) is 3.69. The van der Waals surface area contributed by atoms with Crippen molar-refractivity contribution in [3.8, 4) is 0 Å². The highest BCUT2D eigenvalue weighted by molar-refractivity contribution is 5.77. The first-order valence-electron chi connectivity index (χ1n) is 8.81. The van der Waals surface area contributed by atoms with Gasteiger partial charge in [0.25, 0.3) is 0 Å². The molecule has 3 rings (SSSR count). The van der Waals surface area contributed by atoms with Gasteiger partial charge in [0.05, 0.1) is 17.7 Å². The summed E-state index contributed by atoms with van der Waals surface area (Å²) in [6, 6.07) is 9.83. The summed E-state index contributed by atoms with van der Waals surface area (Å²) in [6.07, 6.45) is 3.23. The molecule has 132 valence electrons. The van der Waals surface area contributed by atoms with Crippen LogP contribution < -0.4 is 5.32 Å². The number of aliphatic hydroxyl groups is 1. The van der Waals surface area contributed by atoms with Crippen molar-refractivity contribution in [2.45, 2.75) is 43.9 Å². The number of hydrogen-bond acceptors (Lipinski definition) is 4. The number of carbonyl (C=O) groups is 1. The van der Waals surface area contributed by atoms with Crippen LogP contribution in [0, 0.1) is 5.92 Å². The van der Waals surface area contributed by atoms with Crippen LogP contribution in [0.2, 0.25) is 0 Å². The van der Waals surface area contributed by atoms with Crippen LogP contribution in [-0.2, 0) is 9.53 Å². The molecule has 2 aliphatic rings. The van der Waals surface area contributed by atoms with Crippen LogP contribution in [0.25, 0.3) is 0 Å². The Labute approximate surface area is 144 Å². The molecule has 0 spiro atoms. The largest absolute Gasteiger partial charge is 0.388 e. The van der Waals surface area contributed by atoms with Crippen molar-refractivity contribution in [3.05, 3.63) is 35.9 Å². The van der Waals surface area contributed by atoms with E-state index in [9.17, 15) is 9.90 Å². The SMILES string of the molecule is COCC(=O)N[C@H]1[C@H](c2ccccc2)N(CC2CC2)CC[C@@]1(C)O. The van der Waals surface area contributed by atoms with E-state index in [2.05, 4.69) is 22.3 Å². The molecule has 0 bridgehead atoms. The second-order valence-electron chi connectivity index (χ2n) is 7.38. The van der Waals surface area contributed by atoms with Gasteiger partial charge < -0.3 is 15.2 Å². The highest BCUT2D eigenvalue weighted by Crippen LogP contribution is 2.40. The number of nitrogens with zero attached hydrogens (tertiary/aromatic N) is 1. The zero-order valence-electron chi connectivity index (χ0n) is 14.6. The Balaban J connectivity index is 1.89. The minimum Gasteiger partial charge on any atom is -0.388 e. The van der Waals surface area contributed by atoms with Crippen molar-refractivity contribution in [2.75, 3.05) is 26.8 Å². The third kappa shape index (κ3) is 3.97. The molecule has 0 aromatic heterocycles. The third-order valence-electron chi connectivity index (χ3n) is 5.21. The van der Waals surface area contributed by atoms with Crippen LogP contribution in [0.3, 0.4) is 0 Å². The number of piperidine rings is 1. The molecule has 24 heavy (non-hydrogen) atoms. The molecule has 5 nitrogen and oxygen atoms in total. The third-order valence-corrected chi connectivity index (χ3v) is 5.21. The maximum absolute atomic E-state index is 12.2. The first kappa shape index (κ1) is 17.4. The minimum atomic E-state index is -0.941. The van der Waals surface area contributed by atoms with E-state index in [1.54, 1.807) is 0 Å². The minimum absolute atomic E-state index is 0.0106. The molecule has 1 saturated carbocycles. The molecule has 2 fully saturated rings. The normalized spacial score (nSPS) is 31.0. The number of methoxy groups -OCH3 is 1. The van der Waals surface area contributed by atoms with Crippen LogP contribution in [0.15, 0.2) is 30.3 Å². The second kappa shape index (κ2) is 7.21. The maximum Gasteiger partial charge on any atom is 0.246 e. The van der Waals surface area contributed by atoms with Gasteiger partial charge in [0.2, 0.25) is 5.91 Å². The molecule has 1 aromatic carbocycles. The van der Waals surface area contributed by atoms with Crippen molar-refractivity contribution in [3.63, 3.8) is 0 Å². The highest BCUT2D eigenvalue weighted by atomic mass is 16.5. The van der Waals surface area contributed by atoms with Crippen LogP contribution in [0.1, 0.15) is 37.8 Å². The van der Waals surface area contributed by atoms with Gasteiger partial charge >= 0.3 is 0 Å². The summed E-state index contributed by atoms with van der Waals surface area (Å²) in [5, 5.41) is 14.0. The Morgan fingerprint density at radius 3 is 2.71 bits per heavy atom. The predicted octanol–water partition coefficient (Wildman–Crippen LogP) is 1.73. The molecular weight excluding hydrogens is 304 g/mol. The molecule has 1 aliphatic carbocycles. The zero-order chi connectivity index (χ0) is 17.2. The number of rotatable bonds is 6. The predicted molar refractivity (Wildman–Crippen MR) is 92.5 cm³/mol. The average Bonchev–Trinajstić information content (AvgIpc) is 3.36. The van der Waals surface area contributed by atoms with E-state index < -0.39 is 5.60 Å². The zero-order valence-corrected chi connectivity index (χ0v) is 14.6. The number of nitrogens with one attached hydrogen (secondary N) is 1. The van der Waals surface area contributed by atoms with Crippen LogP contribution >= 0.6 is 0 Å². The van der Waals surface area contributed by atoms with Gasteiger partial charge in [0, 0.05) is 20.2 Å². The fourth-order valence-electron chi connectivity index (χ4n) is 3.69. The molecule has 1 amide bonds. The molecule has 2 N–H and O–H groups in total. The molecule has 0 radical (unpaired) electrons. The lowest BCUT2D eigenvalue weighted by molar-refractivity contribution is -0.132. The van der Waals surface area contributed by atoms with Crippen molar-refractivity contribution < 1.29 is 14.6 Å². The van der Waals surface area contributed by atoms with Gasteiger partial charge in [-0.05, 0) is 37.7 Å². The maximum atomic E-state index is 12.2. The van der Waals surface area contributed by atoms with E-state index in [0.717, 1.165) is 24.6 Å². The summed E-state index contributed by atoms with van der Waals surface area (Å²) in [4.78, 5) is 14.6. The molecule has 3 atom stereocenters. The lowest BCUT2D eigenvalue weighted by Crippen LogP contribution is -2.63. The van der Waals surface area contributed by atoms with E-state index >= 15 is 0 Å².